The zero-order valence-corrected chi connectivity index (χ0v) is 9.69. The lowest BCUT2D eigenvalue weighted by molar-refractivity contribution is 0.104. The van der Waals surface area contributed by atoms with E-state index < -0.39 is 0 Å². The molecule has 0 amide bonds. The Balaban J connectivity index is 2.41. The highest BCUT2D eigenvalue weighted by Crippen LogP contribution is 2.13. The van der Waals surface area contributed by atoms with Crippen molar-refractivity contribution in [2.45, 2.75) is 19.4 Å². The predicted molar refractivity (Wildman–Crippen MR) is 61.0 cm³/mol. The molecule has 0 spiro atoms. The third-order valence-corrected chi connectivity index (χ3v) is 2.45. The standard InChI is InChI=1S/C10H13IO2/c1-2-9(12)7-13-10-5-3-8(11)4-6-10/h3-6,9,12H,2,7H2,1H3. The van der Waals surface area contributed by atoms with Crippen molar-refractivity contribution < 1.29 is 9.84 Å². The van der Waals surface area contributed by atoms with Crippen molar-refractivity contribution in [3.05, 3.63) is 27.8 Å². The zero-order chi connectivity index (χ0) is 9.68. The van der Waals surface area contributed by atoms with Crippen LogP contribution in [-0.2, 0) is 0 Å². The van der Waals surface area contributed by atoms with E-state index in [9.17, 15) is 5.11 Å². The number of halogens is 1. The highest BCUT2D eigenvalue weighted by Gasteiger charge is 2.00. The van der Waals surface area contributed by atoms with E-state index in [1.165, 1.54) is 3.57 Å². The Hall–Kier alpha value is -0.290. The first kappa shape index (κ1) is 10.8. The van der Waals surface area contributed by atoms with Crippen LogP contribution in [0.5, 0.6) is 5.75 Å². The van der Waals surface area contributed by atoms with Crippen LogP contribution in [0.2, 0.25) is 0 Å². The lowest BCUT2D eigenvalue weighted by Crippen LogP contribution is -2.15. The fraction of sp³-hybridized carbons (Fsp3) is 0.400. The summed E-state index contributed by atoms with van der Waals surface area (Å²) in [7, 11) is 0. The summed E-state index contributed by atoms with van der Waals surface area (Å²) >= 11 is 2.24. The molecule has 1 rings (SSSR count). The van der Waals surface area contributed by atoms with Gasteiger partial charge >= 0.3 is 0 Å². The summed E-state index contributed by atoms with van der Waals surface area (Å²) < 4.78 is 6.54. The molecular weight excluding hydrogens is 279 g/mol. The van der Waals surface area contributed by atoms with Gasteiger partial charge in [0.05, 0.1) is 6.10 Å². The van der Waals surface area contributed by atoms with Gasteiger partial charge < -0.3 is 9.84 Å². The third-order valence-electron chi connectivity index (χ3n) is 1.73. The van der Waals surface area contributed by atoms with Crippen molar-refractivity contribution in [3.63, 3.8) is 0 Å². The topological polar surface area (TPSA) is 29.5 Å². The maximum absolute atomic E-state index is 9.25. The largest absolute Gasteiger partial charge is 0.491 e. The molecule has 0 aliphatic carbocycles. The molecule has 1 N–H and O–H groups in total. The maximum Gasteiger partial charge on any atom is 0.119 e. The average molecular weight is 292 g/mol. The summed E-state index contributed by atoms with van der Waals surface area (Å²) in [6.45, 7) is 2.30. The molecule has 0 fully saturated rings. The first-order valence-electron chi connectivity index (χ1n) is 4.28. The second-order valence-corrected chi connectivity index (χ2v) is 4.07. The van der Waals surface area contributed by atoms with Gasteiger partial charge in [-0.2, -0.15) is 0 Å². The van der Waals surface area contributed by atoms with Crippen LogP contribution in [0.4, 0.5) is 0 Å². The summed E-state index contributed by atoms with van der Waals surface area (Å²) in [4.78, 5) is 0. The number of ether oxygens (including phenoxy) is 1. The molecule has 1 aromatic rings. The Labute approximate surface area is 92.1 Å². The molecular formula is C10H13IO2. The van der Waals surface area contributed by atoms with Gasteiger partial charge in [0.2, 0.25) is 0 Å². The first-order valence-corrected chi connectivity index (χ1v) is 5.36. The van der Waals surface area contributed by atoms with Crippen LogP contribution < -0.4 is 4.74 Å². The Morgan fingerprint density at radius 3 is 2.54 bits per heavy atom. The van der Waals surface area contributed by atoms with E-state index in [2.05, 4.69) is 22.6 Å². The van der Waals surface area contributed by atoms with Gasteiger partial charge in [-0.15, -0.1) is 0 Å². The SMILES string of the molecule is CCC(O)COc1ccc(I)cc1. The number of hydrogen-bond donors (Lipinski definition) is 1. The van der Waals surface area contributed by atoms with Crippen LogP contribution in [-0.4, -0.2) is 17.8 Å². The minimum Gasteiger partial charge on any atom is -0.491 e. The molecule has 1 atom stereocenters. The molecule has 2 nitrogen and oxygen atoms in total. The van der Waals surface area contributed by atoms with Crippen molar-refractivity contribution in [2.24, 2.45) is 0 Å². The van der Waals surface area contributed by atoms with Gasteiger partial charge in [-0.1, -0.05) is 6.92 Å². The normalized spacial score (nSPS) is 12.5. The highest BCUT2D eigenvalue weighted by atomic mass is 127. The molecule has 72 valence electrons. The number of rotatable bonds is 4. The van der Waals surface area contributed by atoms with Crippen molar-refractivity contribution in [3.8, 4) is 5.75 Å². The smallest absolute Gasteiger partial charge is 0.119 e. The predicted octanol–water partition coefficient (Wildman–Crippen LogP) is 2.44. The fourth-order valence-corrected chi connectivity index (χ4v) is 1.20. The van der Waals surface area contributed by atoms with Gasteiger partial charge in [-0.3, -0.25) is 0 Å². The van der Waals surface area contributed by atoms with E-state index in [4.69, 9.17) is 4.74 Å². The molecule has 0 aliphatic rings. The van der Waals surface area contributed by atoms with Crippen molar-refractivity contribution >= 4 is 22.6 Å². The van der Waals surface area contributed by atoms with E-state index in [1.54, 1.807) is 0 Å². The summed E-state index contributed by atoms with van der Waals surface area (Å²) in [5.74, 6) is 0.813. The Morgan fingerprint density at radius 2 is 2.00 bits per heavy atom. The van der Waals surface area contributed by atoms with E-state index in [-0.39, 0.29) is 6.10 Å². The number of aliphatic hydroxyl groups excluding tert-OH is 1. The molecule has 0 saturated heterocycles. The Kier molecular flexibility index (Phi) is 4.52. The number of aliphatic hydroxyl groups is 1. The van der Waals surface area contributed by atoms with Gasteiger partial charge in [0, 0.05) is 3.57 Å². The Bertz CT molecular complexity index is 246. The minimum atomic E-state index is -0.362. The number of benzene rings is 1. The number of hydrogen-bond acceptors (Lipinski definition) is 2. The van der Waals surface area contributed by atoms with Gasteiger partial charge in [0.1, 0.15) is 12.4 Å². The van der Waals surface area contributed by atoms with Crippen LogP contribution in [0.25, 0.3) is 0 Å². The van der Waals surface area contributed by atoms with Crippen molar-refractivity contribution in [2.75, 3.05) is 6.61 Å². The fourth-order valence-electron chi connectivity index (χ4n) is 0.841. The quantitative estimate of drug-likeness (QED) is 0.864. The van der Waals surface area contributed by atoms with E-state index in [1.807, 2.05) is 31.2 Å². The molecule has 1 aromatic carbocycles. The molecule has 3 heteroatoms. The monoisotopic (exact) mass is 292 g/mol. The van der Waals surface area contributed by atoms with E-state index >= 15 is 0 Å². The second-order valence-electron chi connectivity index (χ2n) is 2.83. The average Bonchev–Trinajstić information content (AvgIpc) is 2.16. The van der Waals surface area contributed by atoms with Crippen molar-refractivity contribution in [1.29, 1.82) is 0 Å². The molecule has 13 heavy (non-hydrogen) atoms. The summed E-state index contributed by atoms with van der Waals surface area (Å²) in [6.07, 6.45) is 0.365. The molecule has 0 aromatic heterocycles. The Morgan fingerprint density at radius 1 is 1.38 bits per heavy atom. The van der Waals surface area contributed by atoms with Crippen LogP contribution in [0.3, 0.4) is 0 Å². The molecule has 0 saturated carbocycles. The first-order chi connectivity index (χ1) is 6.22. The molecule has 0 heterocycles. The molecule has 0 bridgehead atoms. The lowest BCUT2D eigenvalue weighted by atomic mass is 10.3. The van der Waals surface area contributed by atoms with Crippen LogP contribution in [0.15, 0.2) is 24.3 Å². The van der Waals surface area contributed by atoms with Crippen LogP contribution in [0, 0.1) is 3.57 Å². The third kappa shape index (κ3) is 3.95. The second kappa shape index (κ2) is 5.44. The minimum absolute atomic E-state index is 0.362. The molecule has 0 radical (unpaired) electrons. The van der Waals surface area contributed by atoms with Crippen molar-refractivity contribution in [1.82, 2.24) is 0 Å². The van der Waals surface area contributed by atoms with Gasteiger partial charge in [-0.05, 0) is 53.3 Å². The van der Waals surface area contributed by atoms with Crippen LogP contribution >= 0.6 is 22.6 Å². The lowest BCUT2D eigenvalue weighted by Gasteiger charge is -2.09. The summed E-state index contributed by atoms with van der Waals surface area (Å²) in [6, 6.07) is 7.77. The van der Waals surface area contributed by atoms with E-state index in [0.717, 1.165) is 12.2 Å². The van der Waals surface area contributed by atoms with Gasteiger partial charge in [-0.25, -0.2) is 0 Å². The summed E-state index contributed by atoms with van der Waals surface area (Å²) in [5.41, 5.74) is 0. The molecule has 1 unspecified atom stereocenters. The molecule has 0 aliphatic heterocycles. The van der Waals surface area contributed by atoms with Crippen LogP contribution in [0.1, 0.15) is 13.3 Å². The summed E-state index contributed by atoms with van der Waals surface area (Å²) in [5, 5.41) is 9.25. The van der Waals surface area contributed by atoms with Gasteiger partial charge in [0.15, 0.2) is 0 Å². The van der Waals surface area contributed by atoms with Gasteiger partial charge in [0.25, 0.3) is 0 Å². The maximum atomic E-state index is 9.25. The van der Waals surface area contributed by atoms with E-state index in [0.29, 0.717) is 6.61 Å². The highest BCUT2D eigenvalue weighted by molar-refractivity contribution is 14.1. The zero-order valence-electron chi connectivity index (χ0n) is 7.53.